The zero-order chi connectivity index (χ0) is 14.7. The number of nitrogens with zero attached hydrogens (tertiary/aromatic N) is 2. The molecule has 6 heteroatoms. The molecule has 1 aromatic carbocycles. The fourth-order valence-corrected chi connectivity index (χ4v) is 2.78. The van der Waals surface area contributed by atoms with Crippen LogP contribution in [0.1, 0.15) is 20.8 Å². The van der Waals surface area contributed by atoms with Gasteiger partial charge in [0.1, 0.15) is 11.3 Å². The second-order valence-corrected chi connectivity index (χ2v) is 5.55. The highest BCUT2D eigenvalue weighted by Crippen LogP contribution is 2.30. The fourth-order valence-electron chi connectivity index (χ4n) is 1.99. The highest BCUT2D eigenvalue weighted by atomic mass is 32.2. The van der Waals surface area contributed by atoms with E-state index in [-0.39, 0.29) is 11.9 Å². The summed E-state index contributed by atoms with van der Waals surface area (Å²) in [7, 11) is 0. The summed E-state index contributed by atoms with van der Waals surface area (Å²) < 4.78 is 7.77. The summed E-state index contributed by atoms with van der Waals surface area (Å²) in [6.07, 6.45) is 0.0718. The van der Waals surface area contributed by atoms with Gasteiger partial charge >= 0.3 is 5.97 Å². The van der Waals surface area contributed by atoms with Crippen LogP contribution < -0.4 is 4.74 Å². The molecule has 1 aromatic heterocycles. The lowest BCUT2D eigenvalue weighted by Gasteiger charge is -2.10. The number of aryl methyl sites for hydroxylation is 1. The third-order valence-electron chi connectivity index (χ3n) is 2.71. The van der Waals surface area contributed by atoms with Crippen LogP contribution in [0.3, 0.4) is 0 Å². The number of ether oxygens (including phenoxy) is 1. The number of aliphatic carboxylic acids is 1. The molecule has 0 spiro atoms. The van der Waals surface area contributed by atoms with Crippen LogP contribution in [-0.4, -0.2) is 32.5 Å². The molecule has 1 N–H and O–H groups in total. The Morgan fingerprint density at radius 2 is 2.25 bits per heavy atom. The number of para-hydroxylation sites is 1. The van der Waals surface area contributed by atoms with Crippen molar-refractivity contribution >= 4 is 28.8 Å². The lowest BCUT2D eigenvalue weighted by Crippen LogP contribution is -2.05. The van der Waals surface area contributed by atoms with E-state index in [4.69, 9.17) is 9.84 Å². The van der Waals surface area contributed by atoms with E-state index in [9.17, 15) is 4.79 Å². The molecule has 1 heterocycles. The number of benzene rings is 1. The van der Waals surface area contributed by atoms with E-state index in [1.54, 1.807) is 0 Å². The van der Waals surface area contributed by atoms with E-state index >= 15 is 0 Å². The maximum atomic E-state index is 10.7. The molecule has 108 valence electrons. The van der Waals surface area contributed by atoms with Crippen LogP contribution in [-0.2, 0) is 11.3 Å². The van der Waals surface area contributed by atoms with E-state index in [0.29, 0.717) is 5.16 Å². The van der Waals surface area contributed by atoms with Crippen molar-refractivity contribution in [3.05, 3.63) is 18.2 Å². The molecule has 0 atom stereocenters. The smallest absolute Gasteiger partial charge is 0.313 e. The van der Waals surface area contributed by atoms with Gasteiger partial charge in [0.2, 0.25) is 0 Å². The summed E-state index contributed by atoms with van der Waals surface area (Å²) in [5, 5.41) is 9.52. The van der Waals surface area contributed by atoms with Crippen molar-refractivity contribution in [2.24, 2.45) is 0 Å². The number of rotatable bonds is 6. The molecule has 0 bridgehead atoms. The van der Waals surface area contributed by atoms with Crippen molar-refractivity contribution < 1.29 is 14.6 Å². The highest BCUT2D eigenvalue weighted by Gasteiger charge is 2.15. The summed E-state index contributed by atoms with van der Waals surface area (Å²) in [6, 6.07) is 5.80. The quantitative estimate of drug-likeness (QED) is 0.830. The van der Waals surface area contributed by atoms with Gasteiger partial charge in [-0.2, -0.15) is 0 Å². The number of carboxylic acid groups (broad SMARTS) is 1. The van der Waals surface area contributed by atoms with Crippen LogP contribution in [0, 0.1) is 0 Å². The molecule has 2 rings (SSSR count). The van der Waals surface area contributed by atoms with Crippen molar-refractivity contribution in [3.8, 4) is 5.75 Å². The topological polar surface area (TPSA) is 64.4 Å². The van der Waals surface area contributed by atoms with E-state index in [2.05, 4.69) is 4.98 Å². The SMILES string of the molecule is CCn1c(SCC(=O)O)nc2c(OC(C)C)cccc21. The van der Waals surface area contributed by atoms with Crippen molar-refractivity contribution in [2.75, 3.05) is 5.75 Å². The number of hydrogen-bond acceptors (Lipinski definition) is 4. The molecule has 0 aliphatic rings. The molecule has 20 heavy (non-hydrogen) atoms. The molecule has 0 amide bonds. The second-order valence-electron chi connectivity index (χ2n) is 4.61. The van der Waals surface area contributed by atoms with Crippen molar-refractivity contribution in [3.63, 3.8) is 0 Å². The minimum atomic E-state index is -0.844. The molecule has 2 aromatic rings. The molecule has 0 aliphatic heterocycles. The Labute approximate surface area is 121 Å². The Bertz CT molecular complexity index is 622. The van der Waals surface area contributed by atoms with E-state index < -0.39 is 5.97 Å². The van der Waals surface area contributed by atoms with Gasteiger partial charge in [0.15, 0.2) is 5.16 Å². The molecular weight excluding hydrogens is 276 g/mol. The van der Waals surface area contributed by atoms with Gasteiger partial charge in [0.25, 0.3) is 0 Å². The predicted octanol–water partition coefficient (Wildman–Crippen LogP) is 3.02. The van der Waals surface area contributed by atoms with Crippen LogP contribution in [0.5, 0.6) is 5.75 Å². The Morgan fingerprint density at radius 1 is 1.50 bits per heavy atom. The first-order valence-corrected chi connectivity index (χ1v) is 7.52. The lowest BCUT2D eigenvalue weighted by atomic mass is 10.3. The molecular formula is C14H18N2O3S. The molecule has 5 nitrogen and oxygen atoms in total. The second kappa shape index (κ2) is 6.17. The number of carboxylic acids is 1. The Morgan fingerprint density at radius 3 is 2.85 bits per heavy atom. The third-order valence-corrected chi connectivity index (χ3v) is 3.67. The Kier molecular flexibility index (Phi) is 4.54. The van der Waals surface area contributed by atoms with Crippen LogP contribution >= 0.6 is 11.8 Å². The molecule has 0 radical (unpaired) electrons. The fraction of sp³-hybridized carbons (Fsp3) is 0.429. The normalized spacial score (nSPS) is 11.2. The zero-order valence-electron chi connectivity index (χ0n) is 11.8. The minimum absolute atomic E-state index is 0.00366. The number of thioether (sulfide) groups is 1. The maximum Gasteiger partial charge on any atom is 0.313 e. The highest BCUT2D eigenvalue weighted by molar-refractivity contribution is 7.99. The molecule has 0 unspecified atom stereocenters. The molecule has 0 fully saturated rings. The average molecular weight is 294 g/mol. The number of imidazole rings is 1. The van der Waals surface area contributed by atoms with Crippen LogP contribution in [0.15, 0.2) is 23.4 Å². The van der Waals surface area contributed by atoms with Crippen molar-refractivity contribution in [1.82, 2.24) is 9.55 Å². The summed E-state index contributed by atoms with van der Waals surface area (Å²) in [5.41, 5.74) is 1.76. The number of fused-ring (bicyclic) bond motifs is 1. The zero-order valence-corrected chi connectivity index (χ0v) is 12.6. The summed E-state index contributed by atoms with van der Waals surface area (Å²) >= 11 is 1.23. The van der Waals surface area contributed by atoms with Gasteiger partial charge in [-0.1, -0.05) is 17.8 Å². The van der Waals surface area contributed by atoms with Crippen LogP contribution in [0.4, 0.5) is 0 Å². The van der Waals surface area contributed by atoms with Crippen LogP contribution in [0.2, 0.25) is 0 Å². The van der Waals surface area contributed by atoms with Gasteiger partial charge in [-0.25, -0.2) is 4.98 Å². The Balaban J connectivity index is 2.46. The first kappa shape index (κ1) is 14.7. The van der Waals surface area contributed by atoms with Gasteiger partial charge < -0.3 is 14.4 Å². The molecule has 0 aliphatic carbocycles. The van der Waals surface area contributed by atoms with Gasteiger partial charge in [-0.05, 0) is 32.9 Å². The summed E-state index contributed by atoms with van der Waals surface area (Å²) in [6.45, 7) is 6.69. The average Bonchev–Trinajstić information content (AvgIpc) is 2.74. The lowest BCUT2D eigenvalue weighted by molar-refractivity contribution is -0.133. The number of hydrogen-bond donors (Lipinski definition) is 1. The van der Waals surface area contributed by atoms with Crippen molar-refractivity contribution in [2.45, 2.75) is 38.6 Å². The third kappa shape index (κ3) is 3.07. The molecule has 0 saturated heterocycles. The molecule has 0 saturated carbocycles. The van der Waals surface area contributed by atoms with Gasteiger partial charge in [0, 0.05) is 6.54 Å². The monoisotopic (exact) mass is 294 g/mol. The summed E-state index contributed by atoms with van der Waals surface area (Å²) in [5.74, 6) is -0.103. The van der Waals surface area contributed by atoms with E-state index in [1.807, 2.05) is 43.5 Å². The Hall–Kier alpha value is -1.69. The maximum absolute atomic E-state index is 10.7. The van der Waals surface area contributed by atoms with Gasteiger partial charge in [-0.15, -0.1) is 0 Å². The number of aromatic nitrogens is 2. The number of carbonyl (C=O) groups is 1. The first-order valence-electron chi connectivity index (χ1n) is 6.53. The van der Waals surface area contributed by atoms with Gasteiger partial charge in [0.05, 0.1) is 17.4 Å². The summed E-state index contributed by atoms with van der Waals surface area (Å²) in [4.78, 5) is 15.3. The van der Waals surface area contributed by atoms with Gasteiger partial charge in [-0.3, -0.25) is 4.79 Å². The van der Waals surface area contributed by atoms with Crippen molar-refractivity contribution in [1.29, 1.82) is 0 Å². The first-order chi connectivity index (χ1) is 9.52. The minimum Gasteiger partial charge on any atom is -0.489 e. The standard InChI is InChI=1S/C14H18N2O3S/c1-4-16-10-6-5-7-11(19-9(2)3)13(10)15-14(16)20-8-12(17)18/h5-7,9H,4,8H2,1-3H3,(H,17,18). The predicted molar refractivity (Wildman–Crippen MR) is 79.5 cm³/mol. The van der Waals surface area contributed by atoms with Crippen LogP contribution in [0.25, 0.3) is 11.0 Å². The van der Waals surface area contributed by atoms with E-state index in [1.165, 1.54) is 11.8 Å². The van der Waals surface area contributed by atoms with E-state index in [0.717, 1.165) is 23.3 Å². The largest absolute Gasteiger partial charge is 0.489 e.